The molecule has 0 bridgehead atoms. The van der Waals surface area contributed by atoms with Crippen molar-refractivity contribution < 1.29 is 13.5 Å². The van der Waals surface area contributed by atoms with Crippen LogP contribution in [-0.2, 0) is 0 Å². The molecule has 0 aliphatic heterocycles. The van der Waals surface area contributed by atoms with Crippen LogP contribution in [0.1, 0.15) is 18.5 Å². The van der Waals surface area contributed by atoms with E-state index < -0.39 is 5.82 Å². The summed E-state index contributed by atoms with van der Waals surface area (Å²) in [4.78, 5) is 0. The first-order chi connectivity index (χ1) is 9.51. The monoisotopic (exact) mass is 297 g/mol. The molecule has 0 aliphatic rings. The molecule has 0 radical (unpaired) electrons. The van der Waals surface area contributed by atoms with Crippen LogP contribution < -0.4 is 10.1 Å². The fourth-order valence-electron chi connectivity index (χ4n) is 1.90. The van der Waals surface area contributed by atoms with Crippen LogP contribution in [-0.4, -0.2) is 7.11 Å². The number of ether oxygens (including phenoxy) is 1. The highest BCUT2D eigenvalue weighted by Gasteiger charge is 2.13. The van der Waals surface area contributed by atoms with E-state index in [4.69, 9.17) is 16.3 Å². The van der Waals surface area contributed by atoms with Crippen LogP contribution in [0, 0.1) is 11.6 Å². The first kappa shape index (κ1) is 14.6. The molecule has 2 rings (SSSR count). The van der Waals surface area contributed by atoms with E-state index in [2.05, 4.69) is 5.32 Å². The van der Waals surface area contributed by atoms with Gasteiger partial charge in [0.2, 0.25) is 0 Å². The summed E-state index contributed by atoms with van der Waals surface area (Å²) in [5.41, 5.74) is 1.03. The molecule has 2 nitrogen and oxygen atoms in total. The topological polar surface area (TPSA) is 21.3 Å². The molecule has 0 saturated carbocycles. The molecule has 20 heavy (non-hydrogen) atoms. The summed E-state index contributed by atoms with van der Waals surface area (Å²) >= 11 is 5.93. The third kappa shape index (κ3) is 3.20. The van der Waals surface area contributed by atoms with E-state index in [0.29, 0.717) is 17.0 Å². The maximum absolute atomic E-state index is 13.9. The molecule has 0 amide bonds. The molecule has 106 valence electrons. The first-order valence-electron chi connectivity index (χ1n) is 6.06. The number of hydrogen-bond acceptors (Lipinski definition) is 2. The highest BCUT2D eigenvalue weighted by molar-refractivity contribution is 6.33. The zero-order chi connectivity index (χ0) is 14.7. The van der Waals surface area contributed by atoms with Crippen LogP contribution in [0.3, 0.4) is 0 Å². The fourth-order valence-corrected chi connectivity index (χ4v) is 2.13. The SMILES string of the molecule is COc1ccc(C(C)Nc2ccc(F)cc2Cl)c(F)c1. The second-order valence-electron chi connectivity index (χ2n) is 4.38. The summed E-state index contributed by atoms with van der Waals surface area (Å²) in [6, 6.07) is 8.36. The molecule has 0 aliphatic carbocycles. The lowest BCUT2D eigenvalue weighted by molar-refractivity contribution is 0.410. The Labute approximate surface area is 121 Å². The molecule has 0 fully saturated rings. The molecule has 2 aromatic rings. The lowest BCUT2D eigenvalue weighted by Crippen LogP contribution is -2.09. The van der Waals surface area contributed by atoms with Gasteiger partial charge in [-0.2, -0.15) is 0 Å². The van der Waals surface area contributed by atoms with Gasteiger partial charge >= 0.3 is 0 Å². The van der Waals surface area contributed by atoms with Gasteiger partial charge in [-0.1, -0.05) is 17.7 Å². The summed E-state index contributed by atoms with van der Waals surface area (Å²) in [6.45, 7) is 1.80. The summed E-state index contributed by atoms with van der Waals surface area (Å²) < 4.78 is 31.9. The molecule has 0 heterocycles. The smallest absolute Gasteiger partial charge is 0.132 e. The minimum Gasteiger partial charge on any atom is -0.497 e. The van der Waals surface area contributed by atoms with Crippen molar-refractivity contribution in [1.29, 1.82) is 0 Å². The summed E-state index contributed by atoms with van der Waals surface area (Å²) in [5.74, 6) is -0.329. The summed E-state index contributed by atoms with van der Waals surface area (Å²) in [7, 11) is 1.48. The van der Waals surface area contributed by atoms with E-state index >= 15 is 0 Å². The normalized spacial score (nSPS) is 12.1. The number of methoxy groups -OCH3 is 1. The van der Waals surface area contributed by atoms with Gasteiger partial charge < -0.3 is 10.1 Å². The quantitative estimate of drug-likeness (QED) is 0.875. The van der Waals surface area contributed by atoms with Crippen LogP contribution in [0.5, 0.6) is 5.75 Å². The van der Waals surface area contributed by atoms with Gasteiger partial charge in [-0.3, -0.25) is 0 Å². The number of nitrogens with one attached hydrogen (secondary N) is 1. The standard InChI is InChI=1S/C15H14ClF2NO/c1-9(12-5-4-11(20-2)8-14(12)18)19-15-6-3-10(17)7-13(15)16/h3-9,19H,1-2H3. The molecule has 1 atom stereocenters. The zero-order valence-electron chi connectivity index (χ0n) is 11.1. The van der Waals surface area contributed by atoms with E-state index in [1.807, 2.05) is 0 Å². The maximum atomic E-state index is 13.9. The van der Waals surface area contributed by atoms with Gasteiger partial charge in [0, 0.05) is 11.6 Å². The number of benzene rings is 2. The molecule has 5 heteroatoms. The average Bonchev–Trinajstić information content (AvgIpc) is 2.41. The molecule has 1 N–H and O–H groups in total. The first-order valence-corrected chi connectivity index (χ1v) is 6.44. The van der Waals surface area contributed by atoms with E-state index in [9.17, 15) is 8.78 Å². The molecule has 0 aromatic heterocycles. The minimum absolute atomic E-state index is 0.255. The van der Waals surface area contributed by atoms with E-state index in [1.165, 1.54) is 31.4 Å². The van der Waals surface area contributed by atoms with Crippen LogP contribution in [0.4, 0.5) is 14.5 Å². The highest BCUT2D eigenvalue weighted by Crippen LogP contribution is 2.29. The Bertz CT molecular complexity index is 619. The largest absolute Gasteiger partial charge is 0.497 e. The van der Waals surface area contributed by atoms with Crippen molar-refractivity contribution in [2.75, 3.05) is 12.4 Å². The predicted octanol–water partition coefficient (Wildman–Crippen LogP) is 4.80. The van der Waals surface area contributed by atoms with Crippen LogP contribution >= 0.6 is 11.6 Å². The summed E-state index contributed by atoms with van der Waals surface area (Å²) in [5, 5.41) is 3.31. The maximum Gasteiger partial charge on any atom is 0.132 e. The van der Waals surface area contributed by atoms with Gasteiger partial charge in [-0.25, -0.2) is 8.78 Å². The Hall–Kier alpha value is -1.81. The van der Waals surface area contributed by atoms with Gasteiger partial charge in [0.25, 0.3) is 0 Å². The molecule has 0 spiro atoms. The van der Waals surface area contributed by atoms with Crippen molar-refractivity contribution in [3.63, 3.8) is 0 Å². The average molecular weight is 298 g/mol. The number of anilines is 1. The van der Waals surface area contributed by atoms with Crippen molar-refractivity contribution in [3.05, 3.63) is 58.6 Å². The molecule has 0 saturated heterocycles. The molecular weight excluding hydrogens is 284 g/mol. The van der Waals surface area contributed by atoms with Crippen molar-refractivity contribution in [3.8, 4) is 5.75 Å². The third-order valence-electron chi connectivity index (χ3n) is 2.98. The van der Waals surface area contributed by atoms with E-state index in [-0.39, 0.29) is 16.9 Å². The number of hydrogen-bond donors (Lipinski definition) is 1. The Morgan fingerprint density at radius 3 is 2.50 bits per heavy atom. The Morgan fingerprint density at radius 2 is 1.90 bits per heavy atom. The predicted molar refractivity (Wildman–Crippen MR) is 76.4 cm³/mol. The Balaban J connectivity index is 2.21. The van der Waals surface area contributed by atoms with E-state index in [1.54, 1.807) is 19.1 Å². The molecular formula is C15H14ClF2NO. The van der Waals surface area contributed by atoms with Gasteiger partial charge in [-0.15, -0.1) is 0 Å². The molecule has 2 aromatic carbocycles. The lowest BCUT2D eigenvalue weighted by atomic mass is 10.1. The van der Waals surface area contributed by atoms with Gasteiger partial charge in [0.1, 0.15) is 17.4 Å². The minimum atomic E-state index is -0.413. The van der Waals surface area contributed by atoms with Crippen LogP contribution in [0.25, 0.3) is 0 Å². The second-order valence-corrected chi connectivity index (χ2v) is 4.78. The molecule has 1 unspecified atom stereocenters. The lowest BCUT2D eigenvalue weighted by Gasteiger charge is -2.18. The Morgan fingerprint density at radius 1 is 1.15 bits per heavy atom. The number of rotatable bonds is 4. The van der Waals surface area contributed by atoms with Gasteiger partial charge in [-0.05, 0) is 31.2 Å². The Kier molecular flexibility index (Phi) is 4.45. The van der Waals surface area contributed by atoms with Crippen molar-refractivity contribution in [2.24, 2.45) is 0 Å². The zero-order valence-corrected chi connectivity index (χ0v) is 11.8. The van der Waals surface area contributed by atoms with Gasteiger partial charge in [0.05, 0.1) is 23.9 Å². The second kappa shape index (κ2) is 6.09. The van der Waals surface area contributed by atoms with Crippen LogP contribution in [0.15, 0.2) is 36.4 Å². The van der Waals surface area contributed by atoms with Crippen molar-refractivity contribution in [1.82, 2.24) is 0 Å². The van der Waals surface area contributed by atoms with Crippen molar-refractivity contribution in [2.45, 2.75) is 13.0 Å². The highest BCUT2D eigenvalue weighted by atomic mass is 35.5. The van der Waals surface area contributed by atoms with E-state index in [0.717, 1.165) is 0 Å². The van der Waals surface area contributed by atoms with Crippen molar-refractivity contribution >= 4 is 17.3 Å². The van der Waals surface area contributed by atoms with Crippen LogP contribution in [0.2, 0.25) is 5.02 Å². The number of halogens is 3. The third-order valence-corrected chi connectivity index (χ3v) is 3.29. The van der Waals surface area contributed by atoms with Gasteiger partial charge in [0.15, 0.2) is 0 Å². The fraction of sp³-hybridized carbons (Fsp3) is 0.200. The summed E-state index contributed by atoms with van der Waals surface area (Å²) in [6.07, 6.45) is 0.